The number of halogens is 3. The molecule has 1 aliphatic carbocycles. The Hall–Kier alpha value is -2.49. The number of amides is 1. The van der Waals surface area contributed by atoms with Gasteiger partial charge in [0.2, 0.25) is 0 Å². The van der Waals surface area contributed by atoms with Gasteiger partial charge in [-0.3, -0.25) is 9.20 Å². The number of carbonyl (C=O) groups excluding carboxylic acids is 1. The van der Waals surface area contributed by atoms with Crippen molar-refractivity contribution < 1.29 is 18.0 Å². The molecule has 0 saturated heterocycles. The number of aromatic nitrogens is 4. The Morgan fingerprint density at radius 3 is 2.81 bits per heavy atom. The zero-order valence-corrected chi connectivity index (χ0v) is 14.4. The van der Waals surface area contributed by atoms with Crippen molar-refractivity contribution in [3.63, 3.8) is 0 Å². The second-order valence-corrected chi connectivity index (χ2v) is 6.97. The lowest BCUT2D eigenvalue weighted by atomic mass is 10.1. The lowest BCUT2D eigenvalue weighted by Gasteiger charge is -2.20. The van der Waals surface area contributed by atoms with Crippen molar-refractivity contribution in [2.45, 2.75) is 32.0 Å². The van der Waals surface area contributed by atoms with Crippen LogP contribution in [0.5, 0.6) is 0 Å². The predicted molar refractivity (Wildman–Crippen MR) is 88.9 cm³/mol. The van der Waals surface area contributed by atoms with Gasteiger partial charge in [0.25, 0.3) is 5.91 Å². The molecule has 0 unspecified atom stereocenters. The van der Waals surface area contributed by atoms with Crippen molar-refractivity contribution in [3.8, 4) is 11.3 Å². The minimum absolute atomic E-state index is 0.118. The van der Waals surface area contributed by atoms with Crippen LogP contribution >= 0.6 is 11.5 Å². The maximum absolute atomic E-state index is 13.2. The highest BCUT2D eigenvalue weighted by molar-refractivity contribution is 7.03. The molecule has 136 valence electrons. The molecule has 0 bridgehead atoms. The quantitative estimate of drug-likeness (QED) is 0.753. The average molecular weight is 381 g/mol. The Labute approximate surface area is 150 Å². The number of nitrogens with one attached hydrogen (secondary N) is 1. The Kier molecular flexibility index (Phi) is 3.94. The van der Waals surface area contributed by atoms with Gasteiger partial charge < -0.3 is 5.32 Å². The second kappa shape index (κ2) is 6.04. The van der Waals surface area contributed by atoms with Crippen LogP contribution in [-0.4, -0.2) is 36.9 Å². The summed E-state index contributed by atoms with van der Waals surface area (Å²) in [7, 11) is 0. The molecule has 0 radical (unpaired) electrons. The van der Waals surface area contributed by atoms with Gasteiger partial charge in [0.15, 0.2) is 11.3 Å². The summed E-state index contributed by atoms with van der Waals surface area (Å²) in [4.78, 5) is 20.9. The van der Waals surface area contributed by atoms with Gasteiger partial charge in [0, 0.05) is 16.6 Å². The van der Waals surface area contributed by atoms with E-state index in [0.717, 1.165) is 11.3 Å². The first kappa shape index (κ1) is 17.0. The van der Waals surface area contributed by atoms with Gasteiger partial charge in [-0.25, -0.2) is 14.3 Å². The fourth-order valence-electron chi connectivity index (χ4n) is 2.87. The Morgan fingerprint density at radius 1 is 1.42 bits per heavy atom. The molecule has 3 aromatic rings. The molecule has 3 heterocycles. The molecule has 3 aromatic heterocycles. The maximum Gasteiger partial charge on any atom is 0.408 e. The number of alkyl halides is 3. The van der Waals surface area contributed by atoms with Crippen LogP contribution in [-0.2, 0) is 0 Å². The molecule has 10 heteroatoms. The Bertz CT molecular complexity index is 962. The largest absolute Gasteiger partial charge is 0.408 e. The second-order valence-electron chi connectivity index (χ2n) is 6.31. The molecule has 1 fully saturated rings. The van der Waals surface area contributed by atoms with Gasteiger partial charge >= 0.3 is 6.18 Å². The maximum atomic E-state index is 13.2. The lowest BCUT2D eigenvalue weighted by Crippen LogP contribution is -2.47. The summed E-state index contributed by atoms with van der Waals surface area (Å²) in [5.74, 6) is -1.43. The van der Waals surface area contributed by atoms with Crippen molar-refractivity contribution in [1.82, 2.24) is 24.1 Å². The van der Waals surface area contributed by atoms with Crippen LogP contribution in [0.25, 0.3) is 16.9 Å². The van der Waals surface area contributed by atoms with Crippen LogP contribution in [0, 0.1) is 12.8 Å². The average Bonchev–Trinajstić information content (AvgIpc) is 3.09. The highest BCUT2D eigenvalue weighted by Crippen LogP contribution is 2.40. The summed E-state index contributed by atoms with van der Waals surface area (Å²) >= 11 is 1.26. The van der Waals surface area contributed by atoms with E-state index in [2.05, 4.69) is 19.7 Å². The first-order chi connectivity index (χ1) is 12.3. The molecular weight excluding hydrogens is 367 g/mol. The molecule has 0 spiro atoms. The van der Waals surface area contributed by atoms with Crippen molar-refractivity contribution in [1.29, 1.82) is 0 Å². The molecule has 1 aliphatic rings. The summed E-state index contributed by atoms with van der Waals surface area (Å²) in [5, 5.41) is 3.90. The van der Waals surface area contributed by atoms with E-state index in [1.54, 1.807) is 16.0 Å². The van der Waals surface area contributed by atoms with Gasteiger partial charge in [0.1, 0.15) is 12.4 Å². The normalized spacial score (nSPS) is 16.0. The molecule has 1 N–H and O–H groups in total. The molecule has 0 aromatic carbocycles. The van der Waals surface area contributed by atoms with Gasteiger partial charge in [-0.1, -0.05) is 0 Å². The van der Waals surface area contributed by atoms with E-state index in [1.165, 1.54) is 17.9 Å². The minimum Gasteiger partial charge on any atom is -0.339 e. The molecule has 1 amide bonds. The molecular formula is C16H14F3N5OS. The van der Waals surface area contributed by atoms with E-state index in [9.17, 15) is 18.0 Å². The highest BCUT2D eigenvalue weighted by atomic mass is 32.1. The standard InChI is InChI=1S/C16H14F3N5OS/c1-8-4-11(10-5-21-26-6-10)22-14-12(20-7-24(8)14)15(25)23-13(9-2-3-9)16(17,18)19/h4-7,9,13H,2-3H2,1H3,(H,23,25)/t13-/m1/s1. The number of nitrogens with zero attached hydrogens (tertiary/aromatic N) is 4. The van der Waals surface area contributed by atoms with E-state index in [0.29, 0.717) is 18.5 Å². The van der Waals surface area contributed by atoms with Gasteiger partial charge in [-0.05, 0) is 43.3 Å². The molecule has 4 rings (SSSR count). The highest BCUT2D eigenvalue weighted by Gasteiger charge is 2.50. The topological polar surface area (TPSA) is 72.2 Å². The van der Waals surface area contributed by atoms with Crippen LogP contribution in [0.2, 0.25) is 0 Å². The fraction of sp³-hybridized carbons (Fsp3) is 0.375. The van der Waals surface area contributed by atoms with E-state index in [4.69, 9.17) is 0 Å². The first-order valence-electron chi connectivity index (χ1n) is 7.96. The third kappa shape index (κ3) is 3.05. The van der Waals surface area contributed by atoms with Crippen molar-refractivity contribution in [3.05, 3.63) is 35.4 Å². The van der Waals surface area contributed by atoms with E-state index in [1.807, 2.05) is 13.0 Å². The zero-order valence-electron chi connectivity index (χ0n) is 13.6. The number of carbonyl (C=O) groups is 1. The van der Waals surface area contributed by atoms with Gasteiger partial charge in [-0.15, -0.1) is 0 Å². The number of fused-ring (bicyclic) bond motifs is 1. The summed E-state index contributed by atoms with van der Waals surface area (Å²) in [6, 6.07) is -0.0416. The van der Waals surface area contributed by atoms with Crippen LogP contribution in [0.15, 0.2) is 24.0 Å². The summed E-state index contributed by atoms with van der Waals surface area (Å²) in [6.07, 6.45) is -0.529. The van der Waals surface area contributed by atoms with E-state index >= 15 is 0 Å². The number of hydrogen-bond donors (Lipinski definition) is 1. The number of imidazole rings is 1. The molecule has 0 aliphatic heterocycles. The molecule has 1 atom stereocenters. The van der Waals surface area contributed by atoms with E-state index in [-0.39, 0.29) is 11.3 Å². The molecule has 6 nitrogen and oxygen atoms in total. The number of rotatable bonds is 4. The molecule has 1 saturated carbocycles. The van der Waals surface area contributed by atoms with Crippen molar-refractivity contribution in [2.24, 2.45) is 5.92 Å². The summed E-state index contributed by atoms with van der Waals surface area (Å²) < 4.78 is 45.1. The third-order valence-corrected chi connectivity index (χ3v) is 4.96. The SMILES string of the molecule is Cc1cc(-c2cnsc2)nc2c(C(=O)N[C@H](C3CC3)C(F)(F)F)ncn12. The van der Waals surface area contributed by atoms with Crippen molar-refractivity contribution in [2.75, 3.05) is 0 Å². The van der Waals surface area contributed by atoms with Crippen LogP contribution in [0.4, 0.5) is 13.2 Å². The van der Waals surface area contributed by atoms with Crippen molar-refractivity contribution >= 4 is 23.1 Å². The van der Waals surface area contributed by atoms with Crippen LogP contribution in [0.3, 0.4) is 0 Å². The van der Waals surface area contributed by atoms with Crippen LogP contribution in [0.1, 0.15) is 29.0 Å². The fourth-order valence-corrected chi connectivity index (χ4v) is 3.40. The van der Waals surface area contributed by atoms with Gasteiger partial charge in [0.05, 0.1) is 11.9 Å². The summed E-state index contributed by atoms with van der Waals surface area (Å²) in [6.45, 7) is 1.81. The zero-order chi connectivity index (χ0) is 18.5. The smallest absolute Gasteiger partial charge is 0.339 e. The van der Waals surface area contributed by atoms with Crippen LogP contribution < -0.4 is 5.32 Å². The number of hydrogen-bond acceptors (Lipinski definition) is 5. The Balaban J connectivity index is 1.71. The first-order valence-corrected chi connectivity index (χ1v) is 8.80. The Morgan fingerprint density at radius 2 is 2.19 bits per heavy atom. The predicted octanol–water partition coefficient (Wildman–Crippen LogP) is 3.23. The monoisotopic (exact) mass is 381 g/mol. The van der Waals surface area contributed by atoms with E-state index < -0.39 is 24.0 Å². The van der Waals surface area contributed by atoms with Gasteiger partial charge in [-0.2, -0.15) is 13.2 Å². The third-order valence-electron chi connectivity index (χ3n) is 4.37. The minimum atomic E-state index is -4.48. The lowest BCUT2D eigenvalue weighted by molar-refractivity contribution is -0.158. The molecule has 26 heavy (non-hydrogen) atoms. The summed E-state index contributed by atoms with van der Waals surface area (Å²) in [5.41, 5.74) is 2.23. The number of aryl methyl sites for hydroxylation is 1.